The molecule has 0 aliphatic rings. The minimum absolute atomic E-state index is 0.0883. The van der Waals surface area contributed by atoms with Gasteiger partial charge in [-0.1, -0.05) is 79.1 Å². The normalized spacial score (nSPS) is 12.3. The van der Waals surface area contributed by atoms with Crippen LogP contribution in [-0.4, -0.2) is 9.55 Å². The molecule has 158 valence electrons. The summed E-state index contributed by atoms with van der Waals surface area (Å²) in [4.78, 5) is 18.2. The molecule has 0 N–H and O–H groups in total. The van der Waals surface area contributed by atoms with Gasteiger partial charge in [0, 0.05) is 15.8 Å². The summed E-state index contributed by atoms with van der Waals surface area (Å²) in [7, 11) is 0. The molecular weight excluding hydrogens is 447 g/mol. The minimum Gasteiger partial charge on any atom is -0.268 e. The summed E-state index contributed by atoms with van der Waals surface area (Å²) in [6, 6.07) is 21.0. The number of aromatic nitrogens is 2. The second-order valence-corrected chi connectivity index (χ2v) is 9.20. The van der Waals surface area contributed by atoms with E-state index in [0.29, 0.717) is 37.8 Å². The van der Waals surface area contributed by atoms with E-state index in [9.17, 15) is 4.79 Å². The van der Waals surface area contributed by atoms with Gasteiger partial charge in [-0.2, -0.15) is 0 Å². The van der Waals surface area contributed by atoms with Crippen molar-refractivity contribution in [1.29, 1.82) is 0 Å². The second kappa shape index (κ2) is 9.47. The largest absolute Gasteiger partial charge is 0.268 e. The SMILES string of the molecule is CCC(C)c1ccc(-n2c(SCc3c(Cl)cccc3Cl)nc3ccccc3c2=O)cc1. The molecule has 0 amide bonds. The molecule has 1 unspecified atom stereocenters. The lowest BCUT2D eigenvalue weighted by Crippen LogP contribution is -2.21. The number of halogens is 2. The molecule has 3 aromatic carbocycles. The molecule has 0 saturated carbocycles. The number of thioether (sulfide) groups is 1. The molecule has 6 heteroatoms. The number of para-hydroxylation sites is 1. The fourth-order valence-electron chi connectivity index (χ4n) is 3.43. The van der Waals surface area contributed by atoms with Crippen LogP contribution in [0.25, 0.3) is 16.6 Å². The third-order valence-corrected chi connectivity index (χ3v) is 7.16. The summed E-state index contributed by atoms with van der Waals surface area (Å²) in [5, 5.41) is 2.41. The van der Waals surface area contributed by atoms with E-state index in [1.54, 1.807) is 4.57 Å². The molecule has 1 atom stereocenters. The van der Waals surface area contributed by atoms with E-state index in [2.05, 4.69) is 26.0 Å². The molecule has 4 aromatic rings. The van der Waals surface area contributed by atoms with Gasteiger partial charge in [-0.3, -0.25) is 9.36 Å². The smallest absolute Gasteiger partial charge is 0.266 e. The molecule has 4 rings (SSSR count). The zero-order chi connectivity index (χ0) is 22.0. The molecule has 1 aromatic heterocycles. The maximum Gasteiger partial charge on any atom is 0.266 e. The molecule has 31 heavy (non-hydrogen) atoms. The molecule has 0 saturated heterocycles. The number of hydrogen-bond acceptors (Lipinski definition) is 3. The summed E-state index contributed by atoms with van der Waals surface area (Å²) in [5.41, 5.74) is 3.47. The van der Waals surface area contributed by atoms with Gasteiger partial charge < -0.3 is 0 Å². The van der Waals surface area contributed by atoms with Crippen LogP contribution in [0.2, 0.25) is 10.0 Å². The maximum atomic E-state index is 13.4. The summed E-state index contributed by atoms with van der Waals surface area (Å²) in [6.07, 6.45) is 1.07. The Labute approximate surface area is 196 Å². The Kier molecular flexibility index (Phi) is 6.71. The van der Waals surface area contributed by atoms with Crippen LogP contribution in [0.5, 0.6) is 0 Å². The number of benzene rings is 3. The average Bonchev–Trinajstić information content (AvgIpc) is 2.78. The van der Waals surface area contributed by atoms with E-state index in [0.717, 1.165) is 17.7 Å². The van der Waals surface area contributed by atoms with Gasteiger partial charge >= 0.3 is 0 Å². The number of hydrogen-bond donors (Lipinski definition) is 0. The van der Waals surface area contributed by atoms with Crippen LogP contribution in [0.3, 0.4) is 0 Å². The van der Waals surface area contributed by atoms with Crippen LogP contribution in [0.4, 0.5) is 0 Å². The molecule has 0 aliphatic heterocycles. The highest BCUT2D eigenvalue weighted by molar-refractivity contribution is 7.98. The third kappa shape index (κ3) is 4.52. The van der Waals surface area contributed by atoms with Crippen LogP contribution in [0.1, 0.15) is 37.3 Å². The number of fused-ring (bicyclic) bond motifs is 1. The monoisotopic (exact) mass is 468 g/mol. The van der Waals surface area contributed by atoms with Crippen molar-refractivity contribution in [3.63, 3.8) is 0 Å². The van der Waals surface area contributed by atoms with Crippen LogP contribution >= 0.6 is 35.0 Å². The fourth-order valence-corrected chi connectivity index (χ4v) is 5.19. The lowest BCUT2D eigenvalue weighted by atomic mass is 9.98. The van der Waals surface area contributed by atoms with Crippen molar-refractivity contribution in [2.75, 3.05) is 0 Å². The predicted molar refractivity (Wildman–Crippen MR) is 132 cm³/mol. The van der Waals surface area contributed by atoms with Crippen LogP contribution < -0.4 is 5.56 Å². The molecule has 1 heterocycles. The van der Waals surface area contributed by atoms with Gasteiger partial charge in [-0.05, 0) is 59.9 Å². The van der Waals surface area contributed by atoms with E-state index in [-0.39, 0.29) is 5.56 Å². The van der Waals surface area contributed by atoms with Gasteiger partial charge in [-0.15, -0.1) is 0 Å². The topological polar surface area (TPSA) is 34.9 Å². The van der Waals surface area contributed by atoms with Gasteiger partial charge in [0.25, 0.3) is 5.56 Å². The highest BCUT2D eigenvalue weighted by Crippen LogP contribution is 2.32. The van der Waals surface area contributed by atoms with Gasteiger partial charge in [0.1, 0.15) is 0 Å². The maximum absolute atomic E-state index is 13.4. The molecule has 3 nitrogen and oxygen atoms in total. The van der Waals surface area contributed by atoms with Gasteiger partial charge in [0.15, 0.2) is 5.16 Å². The third-order valence-electron chi connectivity index (χ3n) is 5.48. The standard InChI is InChI=1S/C25H22Cl2N2OS/c1-3-16(2)17-11-13-18(14-12-17)29-24(30)19-7-4-5-10-23(19)28-25(29)31-15-20-21(26)8-6-9-22(20)27/h4-14,16H,3,15H2,1-2H3. The predicted octanol–water partition coefficient (Wildman–Crippen LogP) is 7.50. The van der Waals surface area contributed by atoms with Gasteiger partial charge in [-0.25, -0.2) is 4.98 Å². The summed E-state index contributed by atoms with van der Waals surface area (Å²) >= 11 is 14.2. The second-order valence-electron chi connectivity index (χ2n) is 7.44. The van der Waals surface area contributed by atoms with Crippen LogP contribution in [-0.2, 0) is 5.75 Å². The highest BCUT2D eigenvalue weighted by Gasteiger charge is 2.15. The van der Waals surface area contributed by atoms with Crippen molar-refractivity contribution in [2.24, 2.45) is 0 Å². The fraction of sp³-hybridized carbons (Fsp3) is 0.200. The van der Waals surface area contributed by atoms with Crippen molar-refractivity contribution in [2.45, 2.75) is 37.1 Å². The molecule has 0 fully saturated rings. The Morgan fingerprint density at radius 1 is 0.968 bits per heavy atom. The lowest BCUT2D eigenvalue weighted by Gasteiger charge is -2.15. The molecular formula is C25H22Cl2N2OS. The Bertz CT molecular complexity index is 1260. The van der Waals surface area contributed by atoms with Crippen molar-refractivity contribution in [3.8, 4) is 5.69 Å². The Balaban J connectivity index is 1.81. The Morgan fingerprint density at radius 3 is 2.32 bits per heavy atom. The zero-order valence-electron chi connectivity index (χ0n) is 17.3. The van der Waals surface area contributed by atoms with Gasteiger partial charge in [0.2, 0.25) is 0 Å². The van der Waals surface area contributed by atoms with Crippen molar-refractivity contribution < 1.29 is 0 Å². The molecule has 0 spiro atoms. The van der Waals surface area contributed by atoms with E-state index >= 15 is 0 Å². The zero-order valence-corrected chi connectivity index (χ0v) is 19.6. The molecule has 0 aliphatic carbocycles. The Hall–Kier alpha value is -2.27. The summed E-state index contributed by atoms with van der Waals surface area (Å²) in [6.45, 7) is 4.37. The van der Waals surface area contributed by atoms with E-state index in [1.807, 2.05) is 54.6 Å². The first-order valence-corrected chi connectivity index (χ1v) is 11.9. The average molecular weight is 469 g/mol. The number of nitrogens with zero attached hydrogens (tertiary/aromatic N) is 2. The van der Waals surface area contributed by atoms with Crippen LogP contribution in [0.15, 0.2) is 76.7 Å². The molecule has 0 bridgehead atoms. The summed E-state index contributed by atoms with van der Waals surface area (Å²) < 4.78 is 1.68. The summed E-state index contributed by atoms with van der Waals surface area (Å²) in [5.74, 6) is 0.977. The van der Waals surface area contributed by atoms with E-state index in [4.69, 9.17) is 28.2 Å². The van der Waals surface area contributed by atoms with Crippen molar-refractivity contribution in [3.05, 3.63) is 98.3 Å². The quantitative estimate of drug-likeness (QED) is 0.217. The van der Waals surface area contributed by atoms with Crippen molar-refractivity contribution >= 4 is 45.9 Å². The number of rotatable bonds is 6. The lowest BCUT2D eigenvalue weighted by molar-refractivity contribution is 0.732. The molecule has 0 radical (unpaired) electrons. The van der Waals surface area contributed by atoms with Gasteiger partial charge in [0.05, 0.1) is 16.6 Å². The highest BCUT2D eigenvalue weighted by atomic mass is 35.5. The first-order valence-electron chi connectivity index (χ1n) is 10.2. The minimum atomic E-state index is -0.0883. The van der Waals surface area contributed by atoms with E-state index in [1.165, 1.54) is 17.3 Å². The van der Waals surface area contributed by atoms with Crippen molar-refractivity contribution in [1.82, 2.24) is 9.55 Å². The van der Waals surface area contributed by atoms with E-state index < -0.39 is 0 Å². The van der Waals surface area contributed by atoms with Crippen LogP contribution in [0, 0.1) is 0 Å². The first kappa shape index (κ1) is 21.9. The first-order chi connectivity index (χ1) is 15.0. The Morgan fingerprint density at radius 2 is 1.65 bits per heavy atom.